The van der Waals surface area contributed by atoms with Gasteiger partial charge in [-0.05, 0) is 60.4 Å². The second-order valence-corrected chi connectivity index (χ2v) is 14.7. The number of methoxy groups -OCH3 is 1. The zero-order valence-electron chi connectivity index (χ0n) is 33.3. The number of phenols is 2. The molecular weight excluding hydrogens is 773 g/mol. The van der Waals surface area contributed by atoms with Crippen LogP contribution in [0, 0.1) is 0 Å². The van der Waals surface area contributed by atoms with Crippen molar-refractivity contribution < 1.29 is 29.3 Å². The lowest BCUT2D eigenvalue weighted by atomic mass is 9.98. The number of hydrogen-bond donors (Lipinski definition) is 5. The number of piperazine rings is 1. The van der Waals surface area contributed by atoms with Crippen molar-refractivity contribution in [3.63, 3.8) is 0 Å². The van der Waals surface area contributed by atoms with Crippen LogP contribution in [-0.2, 0) is 6.54 Å². The van der Waals surface area contributed by atoms with Crippen molar-refractivity contribution in [2.24, 2.45) is 4.99 Å². The number of amides is 2. The van der Waals surface area contributed by atoms with Crippen LogP contribution in [0.15, 0.2) is 70.7 Å². The average molecular weight is 817 g/mol. The van der Waals surface area contributed by atoms with Gasteiger partial charge in [0.15, 0.2) is 17.3 Å². The number of rotatable bonds is 11. The van der Waals surface area contributed by atoms with Crippen LogP contribution >= 0.6 is 0 Å². The summed E-state index contributed by atoms with van der Waals surface area (Å²) in [7, 11) is 1.55. The number of hydrogen-bond acceptors (Lipinski definition) is 14. The molecule has 0 bridgehead atoms. The van der Waals surface area contributed by atoms with Crippen molar-refractivity contribution in [2.75, 3.05) is 64.0 Å². The maximum Gasteiger partial charge on any atom is 0.348 e. The molecule has 6 N–H and O–H groups in total. The molecule has 0 saturated carbocycles. The molecule has 6 aromatic rings. The molecule has 1 fully saturated rings. The topological polar surface area (TPSA) is 244 Å². The normalized spacial score (nSPS) is 14.4. The molecule has 5 heterocycles. The maximum atomic E-state index is 13.5. The van der Waals surface area contributed by atoms with Crippen LogP contribution in [0.25, 0.3) is 28.0 Å². The van der Waals surface area contributed by atoms with E-state index in [0.29, 0.717) is 79.7 Å². The highest BCUT2D eigenvalue weighted by molar-refractivity contribution is 5.97. The number of nitrogens with two attached hydrogens (primary N) is 1. The Kier molecular flexibility index (Phi) is 10.9. The van der Waals surface area contributed by atoms with Gasteiger partial charge in [0, 0.05) is 75.2 Å². The molecule has 0 radical (unpaired) electrons. The van der Waals surface area contributed by atoms with Gasteiger partial charge in [-0.2, -0.15) is 10.1 Å². The van der Waals surface area contributed by atoms with Gasteiger partial charge in [-0.15, -0.1) is 0 Å². The lowest BCUT2D eigenvalue weighted by molar-refractivity contribution is 0.0630. The fraction of sp³-hybridized carbons (Fsp3) is 0.317. The van der Waals surface area contributed by atoms with Crippen molar-refractivity contribution in [3.8, 4) is 40.1 Å². The third-order valence-electron chi connectivity index (χ3n) is 10.6. The molecule has 0 unspecified atom stereocenters. The first-order valence-electron chi connectivity index (χ1n) is 19.5. The van der Waals surface area contributed by atoms with Gasteiger partial charge in [-0.25, -0.2) is 29.4 Å². The van der Waals surface area contributed by atoms with E-state index in [1.807, 2.05) is 35.4 Å². The number of aromatic amines is 1. The van der Waals surface area contributed by atoms with Crippen molar-refractivity contribution in [1.29, 1.82) is 0 Å². The smallest absolute Gasteiger partial charge is 0.348 e. The monoisotopic (exact) mass is 816 g/mol. The molecule has 0 aliphatic carbocycles. The zero-order valence-corrected chi connectivity index (χ0v) is 33.3. The molecule has 2 aliphatic rings. The van der Waals surface area contributed by atoms with Crippen LogP contribution in [0.4, 0.5) is 11.8 Å². The summed E-state index contributed by atoms with van der Waals surface area (Å²) in [6.07, 6.45) is 3.38. The molecule has 0 spiro atoms. The molecule has 310 valence electrons. The Morgan fingerprint density at radius 3 is 2.43 bits per heavy atom. The fourth-order valence-electron chi connectivity index (χ4n) is 7.48. The van der Waals surface area contributed by atoms with Gasteiger partial charge in [-0.3, -0.25) is 19.1 Å². The Balaban J connectivity index is 0.878. The number of benzene rings is 3. The average Bonchev–Trinajstić information content (AvgIpc) is 3.90. The molecule has 19 nitrogen and oxygen atoms in total. The Morgan fingerprint density at radius 1 is 0.967 bits per heavy atom. The number of carbonyl (C=O) groups excluding carboxylic acids is 2. The highest BCUT2D eigenvalue weighted by Gasteiger charge is 2.25. The summed E-state index contributed by atoms with van der Waals surface area (Å²) in [6.45, 7) is 8.69. The third-order valence-corrected chi connectivity index (χ3v) is 10.6. The Hall–Kier alpha value is -7.28. The van der Waals surface area contributed by atoms with E-state index in [4.69, 9.17) is 20.2 Å². The van der Waals surface area contributed by atoms with Crippen molar-refractivity contribution in [2.45, 2.75) is 32.7 Å². The zero-order chi connectivity index (χ0) is 42.1. The summed E-state index contributed by atoms with van der Waals surface area (Å²) in [6, 6.07) is 13.3. The summed E-state index contributed by atoms with van der Waals surface area (Å²) < 4.78 is 15.2. The van der Waals surface area contributed by atoms with Gasteiger partial charge >= 0.3 is 5.69 Å². The van der Waals surface area contributed by atoms with Gasteiger partial charge in [0.05, 0.1) is 30.5 Å². The predicted molar refractivity (Wildman–Crippen MR) is 221 cm³/mol. The second-order valence-electron chi connectivity index (χ2n) is 14.7. The molecule has 19 heteroatoms. The number of ether oxygens (including phenoxy) is 2. The van der Waals surface area contributed by atoms with Crippen LogP contribution in [0.2, 0.25) is 0 Å². The van der Waals surface area contributed by atoms with Crippen LogP contribution < -0.4 is 31.8 Å². The van der Waals surface area contributed by atoms with Gasteiger partial charge in [0.25, 0.3) is 11.8 Å². The third kappa shape index (κ3) is 7.69. The Labute approximate surface area is 342 Å². The molecule has 2 aliphatic heterocycles. The first-order valence-corrected chi connectivity index (χ1v) is 19.5. The van der Waals surface area contributed by atoms with E-state index in [-0.39, 0.29) is 51.8 Å². The van der Waals surface area contributed by atoms with E-state index >= 15 is 0 Å². The molecule has 1 saturated heterocycles. The number of carbonyl (C=O) groups is 2. The Morgan fingerprint density at radius 2 is 1.72 bits per heavy atom. The van der Waals surface area contributed by atoms with Crippen LogP contribution in [0.3, 0.4) is 0 Å². The lowest BCUT2D eigenvalue weighted by Crippen LogP contribution is -2.49. The summed E-state index contributed by atoms with van der Waals surface area (Å²) in [4.78, 5) is 60.3. The lowest BCUT2D eigenvalue weighted by Gasteiger charge is -2.34. The van der Waals surface area contributed by atoms with Gasteiger partial charge in [0.2, 0.25) is 11.6 Å². The van der Waals surface area contributed by atoms with E-state index in [1.54, 1.807) is 37.4 Å². The number of fused-ring (bicyclic) bond motifs is 3. The van der Waals surface area contributed by atoms with E-state index < -0.39 is 11.6 Å². The minimum atomic E-state index is -0.552. The van der Waals surface area contributed by atoms with Gasteiger partial charge in [-0.1, -0.05) is 13.8 Å². The molecule has 0 atom stereocenters. The standard InChI is InChI=1S/C41H44N12O7/c1-23(2)28-19-29(31(55)20-30(28)54)36-48-49-41(58)53(36)26-7-5-24(6-8-26)38(57)51-16-14-50(15-17-51)12-4-18-60-32-10-9-27-33(34(32)59-3)46-40(52-13-11-43-35(27)52)47-37(56)25-21-44-39(42)45-22-25/h5-10,19-23,43,54-55H,4,11-18H2,1-3H3,(H,49,58)(H2,42,44,45). The molecular formula is C41H44N12O7. The quantitative estimate of drug-likeness (QED) is 0.118. The number of nitrogens with one attached hydrogen (secondary N) is 2. The van der Waals surface area contributed by atoms with Gasteiger partial charge in [0.1, 0.15) is 22.8 Å². The summed E-state index contributed by atoms with van der Waals surface area (Å²) in [5, 5.41) is 31.7. The van der Waals surface area contributed by atoms with E-state index in [1.165, 1.54) is 23.0 Å². The number of anilines is 2. The van der Waals surface area contributed by atoms with Crippen LogP contribution in [0.5, 0.6) is 23.0 Å². The summed E-state index contributed by atoms with van der Waals surface area (Å²) in [5.74, 6) is 0.983. The predicted octanol–water partition coefficient (Wildman–Crippen LogP) is 2.89. The molecule has 60 heavy (non-hydrogen) atoms. The molecule has 2 amide bonds. The van der Waals surface area contributed by atoms with Crippen molar-refractivity contribution in [1.82, 2.24) is 44.1 Å². The largest absolute Gasteiger partial charge is 0.508 e. The number of nitrogens with zero attached hydrogens (tertiary/aromatic N) is 9. The minimum absolute atomic E-state index is 0.0369. The van der Waals surface area contributed by atoms with E-state index in [9.17, 15) is 24.6 Å². The van der Waals surface area contributed by atoms with Crippen molar-refractivity contribution >= 4 is 34.5 Å². The molecule has 8 rings (SSSR count). The van der Waals surface area contributed by atoms with Crippen LogP contribution in [0.1, 0.15) is 52.5 Å². The SMILES string of the molecule is COc1c(OCCCN2CCN(C(=O)c3ccc(-n4c(-c5cc(C(C)C)c(O)cc5O)n[nH]c4=O)cc3)CC2)ccc2c3n(c(=NC(=O)c4cnc(N)nc4)nc12)CCN3. The molecule has 3 aromatic carbocycles. The number of aromatic nitrogens is 7. The highest BCUT2D eigenvalue weighted by Crippen LogP contribution is 2.38. The first kappa shape index (κ1) is 39.5. The second kappa shape index (κ2) is 16.5. The van der Waals surface area contributed by atoms with Crippen LogP contribution in [-0.4, -0.2) is 119 Å². The number of H-pyrrole nitrogens is 1. The van der Waals surface area contributed by atoms with E-state index in [2.05, 4.69) is 35.4 Å². The number of aromatic hydroxyl groups is 2. The highest BCUT2D eigenvalue weighted by atomic mass is 16.5. The maximum absolute atomic E-state index is 13.5. The first-order chi connectivity index (χ1) is 29.0. The summed E-state index contributed by atoms with van der Waals surface area (Å²) in [5.41, 5.74) is 7.79. The Bertz CT molecular complexity index is 2720. The number of nitrogen functional groups attached to an aromatic ring is 1. The fourth-order valence-corrected chi connectivity index (χ4v) is 7.48. The van der Waals surface area contributed by atoms with Gasteiger partial charge < -0.3 is 35.6 Å². The minimum Gasteiger partial charge on any atom is -0.508 e. The number of phenolic OH excluding ortho intramolecular Hbond substituents is 2. The van der Waals surface area contributed by atoms with E-state index in [0.717, 1.165) is 24.2 Å². The van der Waals surface area contributed by atoms with Crippen molar-refractivity contribution in [3.05, 3.63) is 93.7 Å². The molecule has 3 aromatic heterocycles. The summed E-state index contributed by atoms with van der Waals surface area (Å²) >= 11 is 0.